The van der Waals surface area contributed by atoms with Crippen LogP contribution in [0.5, 0.6) is 0 Å². The highest BCUT2D eigenvalue weighted by Gasteiger charge is 2.26. The Bertz CT molecular complexity index is 518. The van der Waals surface area contributed by atoms with Crippen LogP contribution in [-0.2, 0) is 0 Å². The second kappa shape index (κ2) is 5.06. The number of thiophene rings is 1. The lowest BCUT2D eigenvalue weighted by molar-refractivity contribution is 0.949. The van der Waals surface area contributed by atoms with Crippen LogP contribution in [0.2, 0.25) is 0 Å². The molecule has 0 unspecified atom stereocenters. The highest BCUT2D eigenvalue weighted by molar-refractivity contribution is 7.13. The zero-order chi connectivity index (χ0) is 12.4. The predicted molar refractivity (Wildman–Crippen MR) is 76.1 cm³/mol. The molecule has 1 aliphatic carbocycles. The van der Waals surface area contributed by atoms with E-state index in [1.165, 1.54) is 18.5 Å². The van der Waals surface area contributed by atoms with Crippen molar-refractivity contribution in [3.8, 4) is 10.7 Å². The quantitative estimate of drug-likeness (QED) is 0.884. The number of hydrogen-bond donors (Lipinski definition) is 1. The van der Waals surface area contributed by atoms with Gasteiger partial charge in [0.15, 0.2) is 5.82 Å². The van der Waals surface area contributed by atoms with Gasteiger partial charge in [0.1, 0.15) is 5.82 Å². The van der Waals surface area contributed by atoms with Crippen molar-refractivity contribution in [2.75, 3.05) is 11.9 Å². The van der Waals surface area contributed by atoms with Gasteiger partial charge in [0.2, 0.25) is 0 Å². The smallest absolute Gasteiger partial charge is 0.171 e. The van der Waals surface area contributed by atoms with Crippen molar-refractivity contribution in [2.24, 2.45) is 0 Å². The summed E-state index contributed by atoms with van der Waals surface area (Å²) in [6.07, 6.45) is 3.65. The number of hydrogen-bond acceptors (Lipinski definition) is 4. The van der Waals surface area contributed by atoms with Crippen LogP contribution in [0.3, 0.4) is 0 Å². The zero-order valence-electron chi connectivity index (χ0n) is 10.5. The molecule has 0 aliphatic heterocycles. The fraction of sp³-hybridized carbons (Fsp3) is 0.429. The normalized spacial score (nSPS) is 14.7. The first-order valence-corrected chi connectivity index (χ1v) is 7.41. The highest BCUT2D eigenvalue weighted by Crippen LogP contribution is 2.40. The molecule has 2 heterocycles. The predicted octanol–water partition coefficient (Wildman–Crippen LogP) is 3.90. The van der Waals surface area contributed by atoms with Crippen molar-refractivity contribution in [3.63, 3.8) is 0 Å². The maximum absolute atomic E-state index is 4.71. The number of rotatable bonds is 5. The summed E-state index contributed by atoms with van der Waals surface area (Å²) >= 11 is 1.70. The Balaban J connectivity index is 1.94. The Morgan fingerprint density at radius 2 is 2.28 bits per heavy atom. The average molecular weight is 259 g/mol. The molecule has 3 rings (SSSR count). The summed E-state index contributed by atoms with van der Waals surface area (Å²) in [5.41, 5.74) is 1.20. The Labute approximate surface area is 111 Å². The third-order valence-electron chi connectivity index (χ3n) is 3.04. The molecular formula is C14H17N3S. The van der Waals surface area contributed by atoms with Crippen LogP contribution in [0.25, 0.3) is 10.7 Å². The monoisotopic (exact) mass is 259 g/mol. The first-order chi connectivity index (χ1) is 8.86. The van der Waals surface area contributed by atoms with E-state index in [1.807, 2.05) is 6.07 Å². The van der Waals surface area contributed by atoms with E-state index in [-0.39, 0.29) is 0 Å². The number of nitrogens with zero attached hydrogens (tertiary/aromatic N) is 2. The van der Waals surface area contributed by atoms with Crippen molar-refractivity contribution in [1.29, 1.82) is 0 Å². The van der Waals surface area contributed by atoms with Gasteiger partial charge in [-0.1, -0.05) is 13.0 Å². The summed E-state index contributed by atoms with van der Waals surface area (Å²) < 4.78 is 0. The second-order valence-electron chi connectivity index (χ2n) is 4.68. The van der Waals surface area contributed by atoms with E-state index in [0.717, 1.165) is 29.5 Å². The molecule has 1 saturated carbocycles. The van der Waals surface area contributed by atoms with Crippen LogP contribution in [0.15, 0.2) is 23.6 Å². The summed E-state index contributed by atoms with van der Waals surface area (Å²) in [5, 5.41) is 5.44. The molecule has 0 bridgehead atoms. The van der Waals surface area contributed by atoms with Crippen LogP contribution >= 0.6 is 11.3 Å². The van der Waals surface area contributed by atoms with Gasteiger partial charge >= 0.3 is 0 Å². The maximum atomic E-state index is 4.71. The minimum Gasteiger partial charge on any atom is -0.370 e. The zero-order valence-corrected chi connectivity index (χ0v) is 11.3. The van der Waals surface area contributed by atoms with Crippen molar-refractivity contribution < 1.29 is 0 Å². The summed E-state index contributed by atoms with van der Waals surface area (Å²) in [6, 6.07) is 6.25. The van der Waals surface area contributed by atoms with Gasteiger partial charge in [-0.25, -0.2) is 9.97 Å². The van der Waals surface area contributed by atoms with E-state index >= 15 is 0 Å². The third kappa shape index (κ3) is 2.53. The molecule has 3 nitrogen and oxygen atoms in total. The molecule has 0 saturated heterocycles. The molecule has 0 aromatic carbocycles. The molecule has 18 heavy (non-hydrogen) atoms. The Kier molecular flexibility index (Phi) is 3.28. The van der Waals surface area contributed by atoms with Crippen LogP contribution in [0, 0.1) is 0 Å². The molecule has 1 aliphatic rings. The number of nitrogens with one attached hydrogen (secondary N) is 1. The van der Waals surface area contributed by atoms with E-state index in [0.29, 0.717) is 5.92 Å². The van der Waals surface area contributed by atoms with E-state index in [2.05, 4.69) is 34.7 Å². The summed E-state index contributed by atoms with van der Waals surface area (Å²) in [6.45, 7) is 3.13. The fourth-order valence-corrected chi connectivity index (χ4v) is 2.57. The lowest BCUT2D eigenvalue weighted by atomic mass is 10.2. The Hall–Kier alpha value is -1.42. The molecule has 0 amide bonds. The molecule has 2 aromatic rings. The van der Waals surface area contributed by atoms with E-state index < -0.39 is 0 Å². The van der Waals surface area contributed by atoms with E-state index in [4.69, 9.17) is 4.98 Å². The van der Waals surface area contributed by atoms with Crippen molar-refractivity contribution in [1.82, 2.24) is 9.97 Å². The standard InChI is InChI=1S/C14H17N3S/c1-2-7-15-13-9-11(10-5-6-10)16-14(17-13)12-4-3-8-18-12/h3-4,8-10H,2,5-7H2,1H3,(H,15,16,17). The molecule has 1 N–H and O–H groups in total. The minimum absolute atomic E-state index is 0.661. The van der Waals surface area contributed by atoms with Crippen LogP contribution in [0.4, 0.5) is 5.82 Å². The Morgan fingerprint density at radius 1 is 1.39 bits per heavy atom. The molecule has 0 atom stereocenters. The van der Waals surface area contributed by atoms with Gasteiger partial charge in [-0.15, -0.1) is 11.3 Å². The van der Waals surface area contributed by atoms with Gasteiger partial charge in [0, 0.05) is 24.2 Å². The highest BCUT2D eigenvalue weighted by atomic mass is 32.1. The van der Waals surface area contributed by atoms with Crippen molar-refractivity contribution in [2.45, 2.75) is 32.1 Å². The largest absolute Gasteiger partial charge is 0.370 e. The summed E-state index contributed by atoms with van der Waals surface area (Å²) in [7, 11) is 0. The summed E-state index contributed by atoms with van der Waals surface area (Å²) in [5.74, 6) is 2.50. The molecular weight excluding hydrogens is 242 g/mol. The van der Waals surface area contributed by atoms with Gasteiger partial charge in [-0.05, 0) is 30.7 Å². The van der Waals surface area contributed by atoms with Gasteiger partial charge in [0.05, 0.1) is 4.88 Å². The lowest BCUT2D eigenvalue weighted by Crippen LogP contribution is -2.05. The topological polar surface area (TPSA) is 37.8 Å². The number of aromatic nitrogens is 2. The summed E-state index contributed by atoms with van der Waals surface area (Å²) in [4.78, 5) is 10.5. The molecule has 1 fully saturated rings. The van der Waals surface area contributed by atoms with Crippen LogP contribution in [-0.4, -0.2) is 16.5 Å². The van der Waals surface area contributed by atoms with E-state index in [1.54, 1.807) is 11.3 Å². The third-order valence-corrected chi connectivity index (χ3v) is 3.91. The molecule has 0 radical (unpaired) electrons. The van der Waals surface area contributed by atoms with Crippen molar-refractivity contribution in [3.05, 3.63) is 29.3 Å². The lowest BCUT2D eigenvalue weighted by Gasteiger charge is -2.08. The minimum atomic E-state index is 0.661. The molecule has 0 spiro atoms. The van der Waals surface area contributed by atoms with Gasteiger partial charge < -0.3 is 5.32 Å². The first kappa shape index (κ1) is 11.7. The van der Waals surface area contributed by atoms with Gasteiger partial charge in [-0.2, -0.15) is 0 Å². The number of anilines is 1. The molecule has 4 heteroatoms. The first-order valence-electron chi connectivity index (χ1n) is 6.53. The van der Waals surface area contributed by atoms with Gasteiger partial charge in [-0.3, -0.25) is 0 Å². The van der Waals surface area contributed by atoms with Gasteiger partial charge in [0.25, 0.3) is 0 Å². The average Bonchev–Trinajstić information content (AvgIpc) is 3.11. The van der Waals surface area contributed by atoms with Crippen LogP contribution < -0.4 is 5.32 Å². The Morgan fingerprint density at radius 3 is 2.94 bits per heavy atom. The molecule has 94 valence electrons. The second-order valence-corrected chi connectivity index (χ2v) is 5.63. The fourth-order valence-electron chi connectivity index (χ4n) is 1.91. The van der Waals surface area contributed by atoms with Crippen LogP contribution in [0.1, 0.15) is 37.8 Å². The van der Waals surface area contributed by atoms with Crippen molar-refractivity contribution >= 4 is 17.2 Å². The van der Waals surface area contributed by atoms with E-state index in [9.17, 15) is 0 Å². The molecule has 2 aromatic heterocycles. The SMILES string of the molecule is CCCNc1cc(C2CC2)nc(-c2cccs2)n1. The maximum Gasteiger partial charge on any atom is 0.171 e.